The number of piperidine rings is 1. The van der Waals surface area contributed by atoms with Crippen molar-refractivity contribution >= 4 is 17.8 Å². The zero-order valence-electron chi connectivity index (χ0n) is 14.6. The zero-order valence-corrected chi connectivity index (χ0v) is 14.6. The van der Waals surface area contributed by atoms with Gasteiger partial charge in [0, 0.05) is 26.2 Å². The summed E-state index contributed by atoms with van der Waals surface area (Å²) in [6.45, 7) is 4.56. The van der Waals surface area contributed by atoms with E-state index >= 15 is 0 Å². The number of carbonyl (C=O) groups excluding carboxylic acids is 3. The number of likely N-dealkylation sites (N-methyl/N-ethyl adjacent to an activating group) is 1. The number of ether oxygens (including phenoxy) is 1. The lowest BCUT2D eigenvalue weighted by Gasteiger charge is -2.37. The third-order valence-corrected chi connectivity index (χ3v) is 4.57. The van der Waals surface area contributed by atoms with E-state index in [1.54, 1.807) is 23.1 Å². The number of hydrogen-bond acceptors (Lipinski definition) is 5. The Balaban J connectivity index is 1.68. The number of hydrogen-bond donors (Lipinski definition) is 1. The van der Waals surface area contributed by atoms with E-state index in [1.165, 1.54) is 7.05 Å². The summed E-state index contributed by atoms with van der Waals surface area (Å²) in [5.74, 6) is -0.0153. The smallest absolute Gasteiger partial charge is 0.324 e. The predicted molar refractivity (Wildman–Crippen MR) is 89.2 cm³/mol. The molecule has 2 aliphatic rings. The molecule has 2 saturated heterocycles. The molecule has 0 saturated carbocycles. The monoisotopic (exact) mass is 346 g/mol. The van der Waals surface area contributed by atoms with Crippen molar-refractivity contribution in [2.24, 2.45) is 0 Å². The SMILES string of the molecule is CC(C)Oc1cccc(C(=O)N2CCC3(CC2)NC(=O)N(C)C3=O)n1. The van der Waals surface area contributed by atoms with E-state index in [0.29, 0.717) is 37.5 Å². The average molecular weight is 346 g/mol. The van der Waals surface area contributed by atoms with Gasteiger partial charge in [0.1, 0.15) is 11.2 Å². The van der Waals surface area contributed by atoms with E-state index in [0.717, 1.165) is 4.90 Å². The molecule has 8 nitrogen and oxygen atoms in total. The predicted octanol–water partition coefficient (Wildman–Crippen LogP) is 1.03. The number of pyridine rings is 1. The Kier molecular flexibility index (Phi) is 4.36. The lowest BCUT2D eigenvalue weighted by Crippen LogP contribution is -2.55. The molecule has 2 fully saturated rings. The first-order chi connectivity index (χ1) is 11.8. The van der Waals surface area contributed by atoms with Crippen LogP contribution in [0.25, 0.3) is 0 Å². The standard InChI is InChI=1S/C17H22N4O4/c1-11(2)25-13-6-4-5-12(18-13)14(22)21-9-7-17(8-10-21)15(23)20(3)16(24)19-17/h4-6,11H,7-10H2,1-3H3,(H,19,24). The molecule has 25 heavy (non-hydrogen) atoms. The van der Waals surface area contributed by atoms with Crippen LogP contribution in [-0.4, -0.2) is 64.4 Å². The van der Waals surface area contributed by atoms with Crippen LogP contribution in [0.2, 0.25) is 0 Å². The quantitative estimate of drug-likeness (QED) is 0.825. The second-order valence-electron chi connectivity index (χ2n) is 6.70. The highest BCUT2D eigenvalue weighted by molar-refractivity contribution is 6.07. The molecule has 1 aromatic rings. The fourth-order valence-electron chi connectivity index (χ4n) is 3.19. The average Bonchev–Trinajstić information content (AvgIpc) is 2.79. The van der Waals surface area contributed by atoms with Crippen LogP contribution in [0.1, 0.15) is 37.2 Å². The van der Waals surface area contributed by atoms with E-state index in [-0.39, 0.29) is 23.9 Å². The maximum atomic E-state index is 12.7. The van der Waals surface area contributed by atoms with Crippen LogP contribution in [-0.2, 0) is 4.79 Å². The number of imide groups is 1. The Bertz CT molecular complexity index is 710. The zero-order chi connectivity index (χ0) is 18.2. The van der Waals surface area contributed by atoms with Crippen molar-refractivity contribution in [3.8, 4) is 5.88 Å². The fraction of sp³-hybridized carbons (Fsp3) is 0.529. The van der Waals surface area contributed by atoms with Gasteiger partial charge in [-0.05, 0) is 32.8 Å². The summed E-state index contributed by atoms with van der Waals surface area (Å²) < 4.78 is 5.53. The van der Waals surface area contributed by atoms with Gasteiger partial charge in [0.15, 0.2) is 0 Å². The topological polar surface area (TPSA) is 91.8 Å². The molecule has 0 atom stereocenters. The van der Waals surface area contributed by atoms with Crippen LogP contribution in [0.3, 0.4) is 0 Å². The van der Waals surface area contributed by atoms with Gasteiger partial charge in [-0.3, -0.25) is 14.5 Å². The largest absolute Gasteiger partial charge is 0.475 e. The molecule has 8 heteroatoms. The maximum Gasteiger partial charge on any atom is 0.324 e. The number of nitrogens with zero attached hydrogens (tertiary/aromatic N) is 3. The summed E-state index contributed by atoms with van der Waals surface area (Å²) in [6.07, 6.45) is 0.771. The highest BCUT2D eigenvalue weighted by Gasteiger charge is 2.51. The summed E-state index contributed by atoms with van der Waals surface area (Å²) in [4.78, 5) is 43.7. The first-order valence-corrected chi connectivity index (χ1v) is 8.36. The number of nitrogens with one attached hydrogen (secondary N) is 1. The maximum absolute atomic E-state index is 12.7. The number of carbonyl (C=O) groups is 3. The van der Waals surface area contributed by atoms with E-state index in [2.05, 4.69) is 10.3 Å². The first kappa shape index (κ1) is 17.2. The van der Waals surface area contributed by atoms with E-state index < -0.39 is 5.54 Å². The Morgan fingerprint density at radius 1 is 1.28 bits per heavy atom. The van der Waals surface area contributed by atoms with Crippen LogP contribution < -0.4 is 10.1 Å². The highest BCUT2D eigenvalue weighted by Crippen LogP contribution is 2.29. The molecule has 0 aliphatic carbocycles. The van der Waals surface area contributed by atoms with Gasteiger partial charge in [-0.15, -0.1) is 0 Å². The van der Waals surface area contributed by atoms with Gasteiger partial charge >= 0.3 is 6.03 Å². The van der Waals surface area contributed by atoms with Crippen molar-refractivity contribution in [1.29, 1.82) is 0 Å². The Hall–Kier alpha value is -2.64. The van der Waals surface area contributed by atoms with Crippen LogP contribution in [0, 0.1) is 0 Å². The molecule has 0 aromatic carbocycles. The van der Waals surface area contributed by atoms with Gasteiger partial charge in [-0.1, -0.05) is 6.07 Å². The Morgan fingerprint density at radius 2 is 1.96 bits per heavy atom. The molecule has 0 unspecified atom stereocenters. The molecule has 3 heterocycles. The third-order valence-electron chi connectivity index (χ3n) is 4.57. The molecule has 134 valence electrons. The summed E-state index contributed by atoms with van der Waals surface area (Å²) >= 11 is 0. The van der Waals surface area contributed by atoms with Gasteiger partial charge in [0.2, 0.25) is 5.88 Å². The van der Waals surface area contributed by atoms with Crippen molar-refractivity contribution in [3.63, 3.8) is 0 Å². The molecular formula is C17H22N4O4. The van der Waals surface area contributed by atoms with Crippen LogP contribution in [0.15, 0.2) is 18.2 Å². The van der Waals surface area contributed by atoms with Crippen LogP contribution >= 0.6 is 0 Å². The normalized spacial score (nSPS) is 19.5. The van der Waals surface area contributed by atoms with Gasteiger partial charge < -0.3 is 15.0 Å². The minimum absolute atomic E-state index is 0.0262. The molecule has 0 radical (unpaired) electrons. The minimum atomic E-state index is -0.876. The van der Waals surface area contributed by atoms with E-state index in [1.807, 2.05) is 13.8 Å². The number of urea groups is 1. The number of likely N-dealkylation sites (tertiary alicyclic amines) is 1. The second kappa shape index (κ2) is 6.34. The van der Waals surface area contributed by atoms with Gasteiger partial charge in [-0.25, -0.2) is 9.78 Å². The minimum Gasteiger partial charge on any atom is -0.475 e. The van der Waals surface area contributed by atoms with Gasteiger partial charge in [-0.2, -0.15) is 0 Å². The molecule has 0 bridgehead atoms. The lowest BCUT2D eigenvalue weighted by molar-refractivity contribution is -0.131. The third kappa shape index (κ3) is 3.16. The van der Waals surface area contributed by atoms with Crippen molar-refractivity contribution in [1.82, 2.24) is 20.1 Å². The Labute approximate surface area is 146 Å². The lowest BCUT2D eigenvalue weighted by atomic mass is 9.87. The van der Waals surface area contributed by atoms with Crippen LogP contribution in [0.5, 0.6) is 5.88 Å². The molecule has 1 N–H and O–H groups in total. The summed E-state index contributed by atoms with van der Waals surface area (Å²) in [6, 6.07) is 4.71. The number of rotatable bonds is 3. The number of aromatic nitrogens is 1. The van der Waals surface area contributed by atoms with Crippen LogP contribution in [0.4, 0.5) is 4.79 Å². The van der Waals surface area contributed by atoms with Crippen molar-refractivity contribution in [3.05, 3.63) is 23.9 Å². The Morgan fingerprint density at radius 3 is 2.52 bits per heavy atom. The summed E-state index contributed by atoms with van der Waals surface area (Å²) in [7, 11) is 1.47. The highest BCUT2D eigenvalue weighted by atomic mass is 16.5. The van der Waals surface area contributed by atoms with Crippen molar-refractivity contribution in [2.75, 3.05) is 20.1 Å². The van der Waals surface area contributed by atoms with E-state index in [9.17, 15) is 14.4 Å². The molecular weight excluding hydrogens is 324 g/mol. The molecule has 1 aromatic heterocycles. The van der Waals surface area contributed by atoms with E-state index in [4.69, 9.17) is 4.74 Å². The fourth-order valence-corrected chi connectivity index (χ4v) is 3.19. The van der Waals surface area contributed by atoms with Gasteiger partial charge in [0.25, 0.3) is 11.8 Å². The second-order valence-corrected chi connectivity index (χ2v) is 6.70. The summed E-state index contributed by atoms with van der Waals surface area (Å²) in [5.41, 5.74) is -0.563. The summed E-state index contributed by atoms with van der Waals surface area (Å²) in [5, 5.41) is 2.76. The van der Waals surface area contributed by atoms with Crippen molar-refractivity contribution < 1.29 is 19.1 Å². The molecule has 1 spiro atoms. The molecule has 3 rings (SSSR count). The molecule has 4 amide bonds. The van der Waals surface area contributed by atoms with Crippen molar-refractivity contribution in [2.45, 2.75) is 38.3 Å². The number of amides is 4. The molecule has 2 aliphatic heterocycles. The van der Waals surface area contributed by atoms with Gasteiger partial charge in [0.05, 0.1) is 6.10 Å². The first-order valence-electron chi connectivity index (χ1n) is 8.36.